The van der Waals surface area contributed by atoms with E-state index in [1.165, 1.54) is 51.7 Å². The monoisotopic (exact) mass is 440 g/mol. The Labute approximate surface area is 175 Å². The van der Waals surface area contributed by atoms with Crippen LogP contribution < -0.4 is 19.5 Å². The number of amides is 1. The second kappa shape index (κ2) is 10.4. The van der Waals surface area contributed by atoms with Gasteiger partial charge < -0.3 is 19.5 Å². The standard InChI is InChI=1S/C20H25FN2O6S/c1-13(14-5-7-17(28-3)16(21)11-14)23-20(24)15-6-8-18(29-4)19(12-15)30(25,26)22-9-10-27-2/h5-8,11-13,22H,9-10H2,1-4H3,(H,23,24). The molecule has 1 amide bonds. The Morgan fingerprint density at radius 1 is 1.07 bits per heavy atom. The zero-order chi connectivity index (χ0) is 22.3. The first-order valence-electron chi connectivity index (χ1n) is 9.04. The van der Waals surface area contributed by atoms with Crippen LogP contribution in [-0.2, 0) is 14.8 Å². The maximum absolute atomic E-state index is 13.9. The Kier molecular flexibility index (Phi) is 8.16. The second-order valence-corrected chi connectivity index (χ2v) is 8.08. The first-order chi connectivity index (χ1) is 14.2. The summed E-state index contributed by atoms with van der Waals surface area (Å²) in [5.74, 6) is -0.865. The number of rotatable bonds is 10. The van der Waals surface area contributed by atoms with E-state index in [2.05, 4.69) is 10.0 Å². The Bertz CT molecular complexity index is 997. The third-order valence-electron chi connectivity index (χ3n) is 4.34. The van der Waals surface area contributed by atoms with Gasteiger partial charge >= 0.3 is 0 Å². The third-order valence-corrected chi connectivity index (χ3v) is 5.82. The van der Waals surface area contributed by atoms with Crippen molar-refractivity contribution in [1.29, 1.82) is 0 Å². The van der Waals surface area contributed by atoms with Gasteiger partial charge in [-0.3, -0.25) is 4.79 Å². The van der Waals surface area contributed by atoms with Crippen LogP contribution in [0, 0.1) is 5.82 Å². The van der Waals surface area contributed by atoms with E-state index in [1.807, 2.05) is 0 Å². The summed E-state index contributed by atoms with van der Waals surface area (Å²) < 4.78 is 56.3. The number of methoxy groups -OCH3 is 3. The number of halogens is 1. The average molecular weight is 440 g/mol. The van der Waals surface area contributed by atoms with Gasteiger partial charge in [0.15, 0.2) is 11.6 Å². The van der Waals surface area contributed by atoms with E-state index in [1.54, 1.807) is 13.0 Å². The van der Waals surface area contributed by atoms with Crippen LogP contribution in [0.3, 0.4) is 0 Å². The third kappa shape index (κ3) is 5.68. The highest BCUT2D eigenvalue weighted by atomic mass is 32.2. The number of ether oxygens (including phenoxy) is 3. The summed E-state index contributed by atoms with van der Waals surface area (Å²) in [4.78, 5) is 12.5. The minimum atomic E-state index is -3.92. The molecule has 0 spiro atoms. The molecule has 0 saturated carbocycles. The Morgan fingerprint density at radius 2 is 1.73 bits per heavy atom. The highest BCUT2D eigenvalue weighted by Gasteiger charge is 2.22. The number of hydrogen-bond donors (Lipinski definition) is 2. The normalized spacial score (nSPS) is 12.3. The van der Waals surface area contributed by atoms with Gasteiger partial charge in [0.1, 0.15) is 10.6 Å². The van der Waals surface area contributed by atoms with Crippen molar-refractivity contribution in [2.24, 2.45) is 0 Å². The van der Waals surface area contributed by atoms with Crippen LogP contribution in [0.5, 0.6) is 11.5 Å². The minimum absolute atomic E-state index is 0.0679. The lowest BCUT2D eigenvalue weighted by Gasteiger charge is -2.16. The van der Waals surface area contributed by atoms with Gasteiger partial charge in [0.25, 0.3) is 5.91 Å². The summed E-state index contributed by atoms with van der Waals surface area (Å²) >= 11 is 0. The van der Waals surface area contributed by atoms with E-state index >= 15 is 0 Å². The summed E-state index contributed by atoms with van der Waals surface area (Å²) in [5.41, 5.74) is 0.646. The van der Waals surface area contributed by atoms with Gasteiger partial charge in [-0.1, -0.05) is 6.07 Å². The fraction of sp³-hybridized carbons (Fsp3) is 0.350. The number of nitrogens with one attached hydrogen (secondary N) is 2. The van der Waals surface area contributed by atoms with Crippen molar-refractivity contribution >= 4 is 15.9 Å². The lowest BCUT2D eigenvalue weighted by Crippen LogP contribution is -2.29. The van der Waals surface area contributed by atoms with Gasteiger partial charge in [-0.15, -0.1) is 0 Å². The first-order valence-corrected chi connectivity index (χ1v) is 10.5. The molecular formula is C20H25FN2O6S. The highest BCUT2D eigenvalue weighted by molar-refractivity contribution is 7.89. The number of hydrogen-bond acceptors (Lipinski definition) is 6. The summed E-state index contributed by atoms with van der Waals surface area (Å²) in [7, 11) is 0.231. The van der Waals surface area contributed by atoms with Gasteiger partial charge in [-0.05, 0) is 42.8 Å². The van der Waals surface area contributed by atoms with E-state index in [0.29, 0.717) is 5.56 Å². The SMILES string of the molecule is COCCNS(=O)(=O)c1cc(C(=O)NC(C)c2ccc(OC)c(F)c2)ccc1OC. The first kappa shape index (κ1) is 23.6. The number of benzene rings is 2. The van der Waals surface area contributed by atoms with E-state index in [4.69, 9.17) is 14.2 Å². The molecule has 2 N–H and O–H groups in total. The Hall–Kier alpha value is -2.69. The van der Waals surface area contributed by atoms with E-state index in [9.17, 15) is 17.6 Å². The molecule has 10 heteroatoms. The molecule has 0 bridgehead atoms. The molecule has 0 radical (unpaired) electrons. The molecule has 0 fully saturated rings. The van der Waals surface area contributed by atoms with E-state index in [-0.39, 0.29) is 35.1 Å². The summed E-state index contributed by atoms with van der Waals surface area (Å²) in [6.45, 7) is 1.95. The molecule has 0 heterocycles. The molecular weight excluding hydrogens is 415 g/mol. The van der Waals surface area contributed by atoms with Gasteiger partial charge in [0.05, 0.1) is 26.9 Å². The molecule has 0 aliphatic carbocycles. The van der Waals surface area contributed by atoms with Crippen LogP contribution in [0.15, 0.2) is 41.3 Å². The van der Waals surface area contributed by atoms with Crippen molar-refractivity contribution in [1.82, 2.24) is 10.0 Å². The molecule has 2 aromatic rings. The van der Waals surface area contributed by atoms with Crippen LogP contribution in [0.25, 0.3) is 0 Å². The molecule has 0 saturated heterocycles. The zero-order valence-electron chi connectivity index (χ0n) is 17.2. The zero-order valence-corrected chi connectivity index (χ0v) is 18.0. The van der Waals surface area contributed by atoms with Crippen LogP contribution >= 0.6 is 0 Å². The molecule has 2 aromatic carbocycles. The summed E-state index contributed by atoms with van der Waals surface area (Å²) in [6, 6.07) is 7.92. The number of carbonyl (C=O) groups is 1. The van der Waals surface area contributed by atoms with Gasteiger partial charge in [0, 0.05) is 19.2 Å². The fourth-order valence-electron chi connectivity index (χ4n) is 2.70. The predicted molar refractivity (Wildman–Crippen MR) is 109 cm³/mol. The summed E-state index contributed by atoms with van der Waals surface area (Å²) in [6.07, 6.45) is 0. The lowest BCUT2D eigenvalue weighted by atomic mass is 10.1. The van der Waals surface area contributed by atoms with Crippen LogP contribution in [0.2, 0.25) is 0 Å². The summed E-state index contributed by atoms with van der Waals surface area (Å²) in [5, 5.41) is 2.72. The number of carbonyl (C=O) groups excluding carboxylic acids is 1. The maximum Gasteiger partial charge on any atom is 0.251 e. The van der Waals surface area contributed by atoms with Gasteiger partial charge in [0.2, 0.25) is 10.0 Å². The lowest BCUT2D eigenvalue weighted by molar-refractivity contribution is 0.0939. The molecule has 0 aliphatic rings. The predicted octanol–water partition coefficient (Wildman–Crippen LogP) is 2.26. The molecule has 1 unspecified atom stereocenters. The fourth-order valence-corrected chi connectivity index (χ4v) is 3.90. The Morgan fingerprint density at radius 3 is 2.33 bits per heavy atom. The second-order valence-electron chi connectivity index (χ2n) is 6.35. The molecule has 2 rings (SSSR count). The van der Waals surface area contributed by atoms with Crippen LogP contribution in [0.4, 0.5) is 4.39 Å². The quantitative estimate of drug-likeness (QED) is 0.550. The van der Waals surface area contributed by atoms with Gasteiger partial charge in [-0.2, -0.15) is 0 Å². The van der Waals surface area contributed by atoms with Gasteiger partial charge in [-0.25, -0.2) is 17.5 Å². The molecule has 8 nitrogen and oxygen atoms in total. The smallest absolute Gasteiger partial charge is 0.251 e. The van der Waals surface area contributed by atoms with Crippen LogP contribution in [0.1, 0.15) is 28.9 Å². The molecule has 1 atom stereocenters. The topological polar surface area (TPSA) is 103 Å². The molecule has 0 aliphatic heterocycles. The largest absolute Gasteiger partial charge is 0.495 e. The number of sulfonamides is 1. The van der Waals surface area contributed by atoms with Crippen molar-refractivity contribution in [2.45, 2.75) is 17.9 Å². The average Bonchev–Trinajstić information content (AvgIpc) is 2.73. The van der Waals surface area contributed by atoms with Crippen molar-refractivity contribution in [3.8, 4) is 11.5 Å². The molecule has 164 valence electrons. The minimum Gasteiger partial charge on any atom is -0.495 e. The Balaban J connectivity index is 2.24. The van der Waals surface area contributed by atoms with E-state index in [0.717, 1.165) is 0 Å². The van der Waals surface area contributed by atoms with E-state index < -0.39 is 27.8 Å². The highest BCUT2D eigenvalue weighted by Crippen LogP contribution is 2.26. The van der Waals surface area contributed by atoms with Crippen molar-refractivity contribution in [2.75, 3.05) is 34.5 Å². The van der Waals surface area contributed by atoms with Crippen molar-refractivity contribution in [3.63, 3.8) is 0 Å². The molecule has 0 aromatic heterocycles. The maximum atomic E-state index is 13.9. The molecule has 30 heavy (non-hydrogen) atoms. The van der Waals surface area contributed by atoms with Crippen molar-refractivity contribution in [3.05, 3.63) is 53.3 Å². The van der Waals surface area contributed by atoms with Crippen LogP contribution in [-0.4, -0.2) is 48.8 Å². The van der Waals surface area contributed by atoms with Crippen molar-refractivity contribution < 1.29 is 31.8 Å².